The Morgan fingerprint density at radius 3 is 2.53 bits per heavy atom. The van der Waals surface area contributed by atoms with Crippen LogP contribution in [-0.4, -0.2) is 11.4 Å². The van der Waals surface area contributed by atoms with Gasteiger partial charge < -0.3 is 10.6 Å². The highest BCUT2D eigenvalue weighted by Gasteiger charge is 2.39. The van der Waals surface area contributed by atoms with E-state index in [1.807, 2.05) is 13.8 Å². The van der Waals surface area contributed by atoms with Crippen LogP contribution in [0.5, 0.6) is 0 Å². The lowest BCUT2D eigenvalue weighted by atomic mass is 9.89. The number of halogens is 2. The van der Waals surface area contributed by atoms with Crippen molar-refractivity contribution < 1.29 is 9.18 Å². The summed E-state index contributed by atoms with van der Waals surface area (Å²) in [6, 6.07) is 2.74. The lowest BCUT2D eigenvalue weighted by molar-refractivity contribution is -0.120. The highest BCUT2D eigenvalue weighted by molar-refractivity contribution is 6.31. The van der Waals surface area contributed by atoms with Gasteiger partial charge in [-0.05, 0) is 18.9 Å². The fourth-order valence-electron chi connectivity index (χ4n) is 2.06. The van der Waals surface area contributed by atoms with Crippen LogP contribution in [0.2, 0.25) is 5.02 Å². The van der Waals surface area contributed by atoms with E-state index in [0.29, 0.717) is 24.2 Å². The fraction of sp³-hybridized carbons (Fsp3) is 0.417. The normalized spacial score (nSPS) is 17.1. The summed E-state index contributed by atoms with van der Waals surface area (Å²) < 4.78 is 13.3. The summed E-state index contributed by atoms with van der Waals surface area (Å²) in [6.45, 7) is 3.87. The Morgan fingerprint density at radius 2 is 1.94 bits per heavy atom. The molecule has 92 valence electrons. The lowest BCUT2D eigenvalue weighted by Gasteiger charge is -2.37. The van der Waals surface area contributed by atoms with Gasteiger partial charge in [0.2, 0.25) is 5.91 Å². The predicted octanol–water partition coefficient (Wildman–Crippen LogP) is 3.40. The van der Waals surface area contributed by atoms with Crippen LogP contribution in [0.1, 0.15) is 26.7 Å². The Labute approximate surface area is 104 Å². The number of carbonyl (C=O) groups is 1. The second kappa shape index (κ2) is 4.18. The number of hydrogen-bond donors (Lipinski definition) is 2. The molecule has 0 saturated heterocycles. The van der Waals surface area contributed by atoms with Gasteiger partial charge in [0.15, 0.2) is 0 Å². The molecule has 0 fully saturated rings. The first-order chi connectivity index (χ1) is 8.02. The minimum atomic E-state index is -0.631. The minimum absolute atomic E-state index is 0.0495. The van der Waals surface area contributed by atoms with Gasteiger partial charge in [-0.1, -0.05) is 25.4 Å². The molecule has 2 N–H and O–H groups in total. The molecular formula is C12H14ClFN2O. The molecule has 0 saturated carbocycles. The van der Waals surface area contributed by atoms with Gasteiger partial charge in [-0.2, -0.15) is 0 Å². The summed E-state index contributed by atoms with van der Waals surface area (Å²) in [5.41, 5.74) is 0.475. The third kappa shape index (κ3) is 1.86. The van der Waals surface area contributed by atoms with Crippen LogP contribution in [0.3, 0.4) is 0 Å². The van der Waals surface area contributed by atoms with Gasteiger partial charge in [-0.3, -0.25) is 4.79 Å². The number of anilines is 2. The molecule has 0 aromatic heterocycles. The molecule has 1 aromatic rings. The Balaban J connectivity index is 2.47. The molecule has 0 spiro atoms. The molecule has 1 aromatic carbocycles. The second-order valence-electron chi connectivity index (χ2n) is 4.18. The van der Waals surface area contributed by atoms with E-state index < -0.39 is 11.4 Å². The smallest absolute Gasteiger partial charge is 0.250 e. The molecule has 1 amide bonds. The van der Waals surface area contributed by atoms with Gasteiger partial charge in [0.05, 0.1) is 16.4 Å². The molecule has 1 aliphatic heterocycles. The first-order valence-electron chi connectivity index (χ1n) is 5.61. The van der Waals surface area contributed by atoms with E-state index in [1.54, 1.807) is 0 Å². The number of benzene rings is 1. The largest absolute Gasteiger partial charge is 0.369 e. The molecule has 1 aliphatic rings. The first-order valence-corrected chi connectivity index (χ1v) is 5.99. The first kappa shape index (κ1) is 12.2. The van der Waals surface area contributed by atoms with E-state index in [1.165, 1.54) is 12.1 Å². The summed E-state index contributed by atoms with van der Waals surface area (Å²) in [4.78, 5) is 12.0. The van der Waals surface area contributed by atoms with Crippen molar-refractivity contribution in [2.75, 3.05) is 10.6 Å². The van der Waals surface area contributed by atoms with Crippen molar-refractivity contribution in [1.82, 2.24) is 0 Å². The van der Waals surface area contributed by atoms with Crippen molar-refractivity contribution in [3.63, 3.8) is 0 Å². The topological polar surface area (TPSA) is 41.1 Å². The monoisotopic (exact) mass is 256 g/mol. The molecule has 1 heterocycles. The number of amides is 1. The van der Waals surface area contributed by atoms with Crippen molar-refractivity contribution in [3.8, 4) is 0 Å². The molecule has 5 heteroatoms. The maximum absolute atomic E-state index is 13.3. The Bertz CT molecular complexity index is 472. The van der Waals surface area contributed by atoms with Gasteiger partial charge >= 0.3 is 0 Å². The van der Waals surface area contributed by atoms with Crippen LogP contribution in [0.25, 0.3) is 0 Å². The van der Waals surface area contributed by atoms with Gasteiger partial charge in [-0.25, -0.2) is 4.39 Å². The fourth-order valence-corrected chi connectivity index (χ4v) is 2.22. The highest BCUT2D eigenvalue weighted by atomic mass is 35.5. The van der Waals surface area contributed by atoms with Crippen molar-refractivity contribution in [3.05, 3.63) is 23.0 Å². The molecular weight excluding hydrogens is 243 g/mol. The lowest BCUT2D eigenvalue weighted by Crippen LogP contribution is -2.51. The molecule has 0 bridgehead atoms. The Hall–Kier alpha value is -1.29. The number of rotatable bonds is 2. The quantitative estimate of drug-likeness (QED) is 0.852. The Kier molecular flexibility index (Phi) is 3.00. The van der Waals surface area contributed by atoms with Gasteiger partial charge in [0.1, 0.15) is 11.4 Å². The van der Waals surface area contributed by atoms with Crippen LogP contribution in [-0.2, 0) is 4.79 Å². The van der Waals surface area contributed by atoms with Gasteiger partial charge in [-0.15, -0.1) is 0 Å². The van der Waals surface area contributed by atoms with Crippen LogP contribution >= 0.6 is 11.6 Å². The zero-order valence-electron chi connectivity index (χ0n) is 9.73. The third-order valence-electron chi connectivity index (χ3n) is 3.32. The maximum atomic E-state index is 13.3. The molecule has 0 aliphatic carbocycles. The molecule has 0 radical (unpaired) electrons. The summed E-state index contributed by atoms with van der Waals surface area (Å²) in [5.74, 6) is -0.662. The molecule has 17 heavy (non-hydrogen) atoms. The Morgan fingerprint density at radius 1 is 1.29 bits per heavy atom. The maximum Gasteiger partial charge on any atom is 0.250 e. The second-order valence-corrected chi connectivity index (χ2v) is 4.59. The zero-order valence-corrected chi connectivity index (χ0v) is 10.5. The highest BCUT2D eigenvalue weighted by Crippen LogP contribution is 2.37. The summed E-state index contributed by atoms with van der Waals surface area (Å²) >= 11 is 5.73. The van der Waals surface area contributed by atoms with E-state index >= 15 is 0 Å². The van der Waals surface area contributed by atoms with Crippen LogP contribution in [0, 0.1) is 5.82 Å². The van der Waals surface area contributed by atoms with E-state index in [-0.39, 0.29) is 10.9 Å². The number of carbonyl (C=O) groups excluding carboxylic acids is 1. The SMILES string of the molecule is CCC1(CC)Nc2cc(Cl)c(F)cc2NC1=O. The van der Waals surface area contributed by atoms with E-state index in [4.69, 9.17) is 11.6 Å². The van der Waals surface area contributed by atoms with E-state index in [2.05, 4.69) is 10.6 Å². The number of hydrogen-bond acceptors (Lipinski definition) is 2. The van der Waals surface area contributed by atoms with Crippen LogP contribution < -0.4 is 10.6 Å². The van der Waals surface area contributed by atoms with Gasteiger partial charge in [0.25, 0.3) is 0 Å². The summed E-state index contributed by atoms with van der Waals surface area (Å²) in [7, 11) is 0. The van der Waals surface area contributed by atoms with Crippen molar-refractivity contribution in [2.24, 2.45) is 0 Å². The molecule has 3 nitrogen and oxygen atoms in total. The van der Waals surface area contributed by atoms with Gasteiger partial charge in [0, 0.05) is 6.07 Å². The van der Waals surface area contributed by atoms with E-state index in [0.717, 1.165) is 0 Å². The average molecular weight is 257 g/mol. The minimum Gasteiger partial charge on any atom is -0.369 e. The zero-order chi connectivity index (χ0) is 12.6. The predicted molar refractivity (Wildman–Crippen MR) is 67.0 cm³/mol. The molecule has 2 rings (SSSR count). The van der Waals surface area contributed by atoms with Crippen molar-refractivity contribution >= 4 is 28.9 Å². The van der Waals surface area contributed by atoms with Crippen LogP contribution in [0.15, 0.2) is 12.1 Å². The average Bonchev–Trinajstić information content (AvgIpc) is 2.31. The molecule has 0 unspecified atom stereocenters. The van der Waals surface area contributed by atoms with Crippen molar-refractivity contribution in [1.29, 1.82) is 0 Å². The standard InChI is InChI=1S/C12H14ClFN2O/c1-3-12(4-2)11(17)15-9-6-8(14)7(13)5-10(9)16-12/h5-6,16H,3-4H2,1-2H3,(H,15,17). The van der Waals surface area contributed by atoms with Crippen molar-refractivity contribution in [2.45, 2.75) is 32.2 Å². The third-order valence-corrected chi connectivity index (χ3v) is 3.61. The van der Waals surface area contributed by atoms with E-state index in [9.17, 15) is 9.18 Å². The number of fused-ring (bicyclic) bond motifs is 1. The number of nitrogens with one attached hydrogen (secondary N) is 2. The van der Waals surface area contributed by atoms with Crippen LogP contribution in [0.4, 0.5) is 15.8 Å². The summed E-state index contributed by atoms with van der Waals surface area (Å²) in [5, 5.41) is 5.93. The summed E-state index contributed by atoms with van der Waals surface area (Å²) in [6.07, 6.45) is 1.31. The molecule has 0 atom stereocenters.